The van der Waals surface area contributed by atoms with Crippen LogP contribution in [0.25, 0.3) is 11.7 Å². The first-order valence-electron chi connectivity index (χ1n) is 12.1. The Hall–Kier alpha value is -4.46. The number of benzene rings is 2. The molecule has 0 atom stereocenters. The van der Waals surface area contributed by atoms with Crippen LogP contribution in [0.5, 0.6) is 5.75 Å². The van der Waals surface area contributed by atoms with Crippen molar-refractivity contribution in [3.8, 4) is 5.75 Å². The highest BCUT2D eigenvalue weighted by molar-refractivity contribution is 5.94. The maximum absolute atomic E-state index is 14.5. The Morgan fingerprint density at radius 1 is 1.03 bits per heavy atom. The summed E-state index contributed by atoms with van der Waals surface area (Å²) in [6.45, 7) is 3.81. The Morgan fingerprint density at radius 2 is 1.81 bits per heavy atom. The number of ketones is 1. The highest BCUT2D eigenvalue weighted by Crippen LogP contribution is 2.22. The number of anilines is 1. The van der Waals surface area contributed by atoms with E-state index in [-0.39, 0.29) is 11.7 Å². The second-order valence-electron chi connectivity index (χ2n) is 8.92. The second kappa shape index (κ2) is 10.7. The monoisotopic (exact) mass is 498 g/mol. The van der Waals surface area contributed by atoms with Crippen LogP contribution >= 0.6 is 0 Å². The van der Waals surface area contributed by atoms with Crippen molar-refractivity contribution in [3.63, 3.8) is 0 Å². The Balaban J connectivity index is 1.11. The number of hydrogen-bond acceptors (Lipinski definition) is 5. The summed E-state index contributed by atoms with van der Waals surface area (Å²) in [4.78, 5) is 32.3. The van der Waals surface area contributed by atoms with E-state index in [1.165, 1.54) is 13.0 Å². The van der Waals surface area contributed by atoms with Gasteiger partial charge in [0.2, 0.25) is 5.91 Å². The van der Waals surface area contributed by atoms with Gasteiger partial charge in [0.1, 0.15) is 23.8 Å². The van der Waals surface area contributed by atoms with E-state index in [9.17, 15) is 14.0 Å². The van der Waals surface area contributed by atoms with Gasteiger partial charge in [-0.15, -0.1) is 0 Å². The third kappa shape index (κ3) is 5.69. The lowest BCUT2D eigenvalue weighted by Gasteiger charge is -2.35. The molecule has 1 fully saturated rings. The molecule has 1 aliphatic heterocycles. The molecular formula is C29H27FN4O3. The zero-order chi connectivity index (χ0) is 25.8. The summed E-state index contributed by atoms with van der Waals surface area (Å²) in [5, 5.41) is 0. The van der Waals surface area contributed by atoms with Gasteiger partial charge in [-0.05, 0) is 61.0 Å². The minimum atomic E-state index is -0.418. The number of carbonyl (C=O) groups excluding carboxylic acids is 2. The fraction of sp³-hybridized carbons (Fsp3) is 0.207. The van der Waals surface area contributed by atoms with E-state index >= 15 is 0 Å². The lowest BCUT2D eigenvalue weighted by atomic mass is 10.1. The fourth-order valence-corrected chi connectivity index (χ4v) is 4.31. The number of aromatic nitrogens is 2. The number of imidazole rings is 1. The largest absolute Gasteiger partial charge is 0.487 e. The summed E-state index contributed by atoms with van der Waals surface area (Å²) in [7, 11) is 0. The van der Waals surface area contributed by atoms with E-state index in [0.29, 0.717) is 44.0 Å². The average molecular weight is 499 g/mol. The molecule has 37 heavy (non-hydrogen) atoms. The molecule has 0 spiro atoms. The number of amides is 1. The number of rotatable bonds is 7. The van der Waals surface area contributed by atoms with Crippen LogP contribution in [0.1, 0.15) is 28.5 Å². The van der Waals surface area contributed by atoms with Crippen molar-refractivity contribution >= 4 is 29.1 Å². The van der Waals surface area contributed by atoms with Crippen molar-refractivity contribution in [2.45, 2.75) is 13.5 Å². The SMILES string of the molecule is CC(=O)c1ccc(N2CCN(C(=O)C=Cc3ccc(OCc4cn5ccccc5n4)cc3)CC2)c(F)c1. The van der Waals surface area contributed by atoms with Crippen LogP contribution in [0.4, 0.5) is 10.1 Å². The summed E-state index contributed by atoms with van der Waals surface area (Å²) in [6.07, 6.45) is 7.23. The first-order chi connectivity index (χ1) is 18.0. The maximum Gasteiger partial charge on any atom is 0.246 e. The number of fused-ring (bicyclic) bond motifs is 1. The third-order valence-corrected chi connectivity index (χ3v) is 6.39. The van der Waals surface area contributed by atoms with Crippen LogP contribution in [-0.2, 0) is 11.4 Å². The summed E-state index contributed by atoms with van der Waals surface area (Å²) < 4.78 is 22.3. The molecule has 8 heteroatoms. The van der Waals surface area contributed by atoms with Gasteiger partial charge in [0.25, 0.3) is 0 Å². The Bertz CT molecular complexity index is 1420. The van der Waals surface area contributed by atoms with Crippen LogP contribution < -0.4 is 9.64 Å². The molecule has 0 unspecified atom stereocenters. The van der Waals surface area contributed by atoms with Crippen LogP contribution in [0.3, 0.4) is 0 Å². The second-order valence-corrected chi connectivity index (χ2v) is 8.92. The van der Waals surface area contributed by atoms with Gasteiger partial charge >= 0.3 is 0 Å². The fourth-order valence-electron chi connectivity index (χ4n) is 4.31. The minimum absolute atomic E-state index is 0.0841. The summed E-state index contributed by atoms with van der Waals surface area (Å²) in [5.41, 5.74) is 3.42. The van der Waals surface area contributed by atoms with Crippen molar-refractivity contribution in [1.82, 2.24) is 14.3 Å². The first kappa shape index (κ1) is 24.2. The van der Waals surface area contributed by atoms with Gasteiger partial charge in [-0.1, -0.05) is 18.2 Å². The van der Waals surface area contributed by atoms with Crippen molar-refractivity contribution in [3.05, 3.63) is 102 Å². The molecule has 0 radical (unpaired) electrons. The predicted molar refractivity (Wildman–Crippen MR) is 140 cm³/mol. The molecule has 1 amide bonds. The van der Waals surface area contributed by atoms with E-state index in [0.717, 1.165) is 22.7 Å². The van der Waals surface area contributed by atoms with Gasteiger partial charge in [0.05, 0.1) is 11.4 Å². The van der Waals surface area contributed by atoms with Gasteiger partial charge in [0.15, 0.2) is 5.78 Å². The number of pyridine rings is 1. The standard InChI is InChI=1S/C29H27FN4O3/c1-21(35)23-8-11-27(26(30)18-23)32-14-16-33(17-15-32)29(36)12-7-22-5-9-25(10-6-22)37-20-24-19-34-13-3-2-4-28(34)31-24/h2-13,18-19H,14-17,20H2,1H3. The van der Waals surface area contributed by atoms with Gasteiger partial charge < -0.3 is 18.9 Å². The minimum Gasteiger partial charge on any atom is -0.487 e. The topological polar surface area (TPSA) is 67.2 Å². The van der Waals surface area contributed by atoms with Gasteiger partial charge in [-0.2, -0.15) is 0 Å². The van der Waals surface area contributed by atoms with E-state index in [1.54, 1.807) is 29.2 Å². The molecule has 7 nitrogen and oxygen atoms in total. The van der Waals surface area contributed by atoms with Crippen LogP contribution in [0, 0.1) is 5.82 Å². The van der Waals surface area contributed by atoms with Gasteiger partial charge in [-0.25, -0.2) is 9.37 Å². The van der Waals surface area contributed by atoms with Crippen molar-refractivity contribution in [2.75, 3.05) is 31.1 Å². The highest BCUT2D eigenvalue weighted by Gasteiger charge is 2.22. The van der Waals surface area contributed by atoms with E-state index in [4.69, 9.17) is 4.74 Å². The molecule has 1 aliphatic rings. The smallest absolute Gasteiger partial charge is 0.246 e. The van der Waals surface area contributed by atoms with E-state index in [2.05, 4.69) is 4.98 Å². The molecule has 0 aliphatic carbocycles. The summed E-state index contributed by atoms with van der Waals surface area (Å²) in [6, 6.07) is 17.9. The van der Waals surface area contributed by atoms with Crippen LogP contribution in [0.15, 0.2) is 79.1 Å². The zero-order valence-corrected chi connectivity index (χ0v) is 20.5. The molecule has 2 aromatic carbocycles. The molecule has 0 saturated carbocycles. The number of hydrogen-bond donors (Lipinski definition) is 0. The van der Waals surface area contributed by atoms with Crippen molar-refractivity contribution < 1.29 is 18.7 Å². The number of Topliss-reactive ketones (excluding diaryl/α,β-unsaturated/α-hetero) is 1. The quantitative estimate of drug-likeness (QED) is 0.275. The molecule has 0 N–H and O–H groups in total. The summed E-state index contributed by atoms with van der Waals surface area (Å²) in [5.74, 6) is 0.0515. The van der Waals surface area contributed by atoms with E-state index < -0.39 is 5.82 Å². The first-order valence-corrected chi connectivity index (χ1v) is 12.1. The number of halogens is 1. The molecule has 3 heterocycles. The summed E-state index contributed by atoms with van der Waals surface area (Å²) >= 11 is 0. The van der Waals surface area contributed by atoms with Gasteiger partial charge in [-0.3, -0.25) is 9.59 Å². The van der Waals surface area contributed by atoms with Gasteiger partial charge in [0, 0.05) is 50.2 Å². The van der Waals surface area contributed by atoms with E-state index in [1.807, 2.05) is 64.2 Å². The lowest BCUT2D eigenvalue weighted by Crippen LogP contribution is -2.48. The Labute approximate surface area is 214 Å². The lowest BCUT2D eigenvalue weighted by molar-refractivity contribution is -0.126. The maximum atomic E-state index is 14.5. The highest BCUT2D eigenvalue weighted by atomic mass is 19.1. The van der Waals surface area contributed by atoms with Crippen LogP contribution in [0.2, 0.25) is 0 Å². The van der Waals surface area contributed by atoms with Crippen molar-refractivity contribution in [1.29, 1.82) is 0 Å². The molecule has 1 saturated heterocycles. The molecular weight excluding hydrogens is 471 g/mol. The number of carbonyl (C=O) groups is 2. The predicted octanol–water partition coefficient (Wildman–Crippen LogP) is 4.62. The van der Waals surface area contributed by atoms with Crippen molar-refractivity contribution in [2.24, 2.45) is 0 Å². The zero-order valence-electron chi connectivity index (χ0n) is 20.5. The number of nitrogens with zero attached hydrogens (tertiary/aromatic N) is 4. The molecule has 2 aromatic heterocycles. The molecule has 5 rings (SSSR count). The molecule has 0 bridgehead atoms. The molecule has 4 aromatic rings. The number of piperazine rings is 1. The Kier molecular flexibility index (Phi) is 6.98. The molecule has 188 valence electrons. The number of ether oxygens (including phenoxy) is 1. The average Bonchev–Trinajstić information content (AvgIpc) is 3.34. The Morgan fingerprint density at radius 3 is 2.51 bits per heavy atom. The normalized spacial score (nSPS) is 13.9. The third-order valence-electron chi connectivity index (χ3n) is 6.39. The van der Waals surface area contributed by atoms with Crippen LogP contribution in [-0.4, -0.2) is 52.2 Å².